The van der Waals surface area contributed by atoms with E-state index in [1.54, 1.807) is 0 Å². The van der Waals surface area contributed by atoms with Gasteiger partial charge < -0.3 is 4.74 Å². The smallest absolute Gasteiger partial charge is 0.159 e. The van der Waals surface area contributed by atoms with E-state index >= 15 is 0 Å². The molecule has 1 aliphatic carbocycles. The number of aryl methyl sites for hydroxylation is 1. The van der Waals surface area contributed by atoms with Gasteiger partial charge in [0.25, 0.3) is 0 Å². The predicted molar refractivity (Wildman–Crippen MR) is 158 cm³/mol. The molecule has 1 aliphatic rings. The van der Waals surface area contributed by atoms with Gasteiger partial charge in [0.2, 0.25) is 0 Å². The minimum atomic E-state index is 0.802. The summed E-state index contributed by atoms with van der Waals surface area (Å²) < 4.78 is 6.05. The van der Waals surface area contributed by atoms with Gasteiger partial charge in [0.1, 0.15) is 5.75 Å². The van der Waals surface area contributed by atoms with E-state index in [1.165, 1.54) is 115 Å². The van der Waals surface area contributed by atoms with E-state index in [2.05, 4.69) is 48.1 Å². The molecule has 1 fully saturated rings. The van der Waals surface area contributed by atoms with Crippen LogP contribution in [0.3, 0.4) is 0 Å². The normalized spacial score (nSPS) is 17.7. The van der Waals surface area contributed by atoms with Crippen LogP contribution in [0.25, 0.3) is 11.4 Å². The zero-order valence-electron chi connectivity index (χ0n) is 24.1. The van der Waals surface area contributed by atoms with Gasteiger partial charge in [0, 0.05) is 18.0 Å². The molecule has 2 aromatic rings. The third kappa shape index (κ3) is 12.0. The quantitative estimate of drug-likeness (QED) is 0.178. The summed E-state index contributed by atoms with van der Waals surface area (Å²) >= 11 is 0. The predicted octanol–water partition coefficient (Wildman–Crippen LogP) is 10.4. The summed E-state index contributed by atoms with van der Waals surface area (Å²) in [7, 11) is 0. The van der Waals surface area contributed by atoms with Crippen molar-refractivity contribution in [2.75, 3.05) is 6.61 Å². The molecule has 0 N–H and O–H groups in total. The molecule has 1 aromatic carbocycles. The molecule has 0 unspecified atom stereocenters. The van der Waals surface area contributed by atoms with Crippen LogP contribution in [-0.2, 0) is 6.42 Å². The molecule has 3 heteroatoms. The average Bonchev–Trinajstić information content (AvgIpc) is 2.94. The second-order valence-corrected chi connectivity index (χ2v) is 11.5. The van der Waals surface area contributed by atoms with E-state index in [1.807, 2.05) is 12.4 Å². The Morgan fingerprint density at radius 2 is 1.19 bits per heavy atom. The Labute approximate surface area is 228 Å². The Hall–Kier alpha value is -1.90. The van der Waals surface area contributed by atoms with Crippen molar-refractivity contribution in [2.45, 2.75) is 136 Å². The summed E-state index contributed by atoms with van der Waals surface area (Å²) in [6.07, 6.45) is 29.9. The van der Waals surface area contributed by atoms with E-state index in [0.717, 1.165) is 48.4 Å². The maximum atomic E-state index is 6.05. The third-order valence-electron chi connectivity index (χ3n) is 8.34. The first-order valence-electron chi connectivity index (χ1n) is 15.8. The van der Waals surface area contributed by atoms with Crippen molar-refractivity contribution in [3.05, 3.63) is 42.2 Å². The first-order chi connectivity index (χ1) is 18.3. The van der Waals surface area contributed by atoms with Gasteiger partial charge in [-0.3, -0.25) is 0 Å². The van der Waals surface area contributed by atoms with Crippen molar-refractivity contribution in [3.8, 4) is 17.1 Å². The first kappa shape index (κ1) is 29.7. The molecule has 3 nitrogen and oxygen atoms in total. The lowest BCUT2D eigenvalue weighted by molar-refractivity contribution is 0.228. The molecule has 0 radical (unpaired) electrons. The Bertz CT molecular complexity index is 809. The van der Waals surface area contributed by atoms with Crippen LogP contribution >= 0.6 is 0 Å². The van der Waals surface area contributed by atoms with Crippen molar-refractivity contribution in [1.29, 1.82) is 0 Å². The highest BCUT2D eigenvalue weighted by molar-refractivity contribution is 5.55. The summed E-state index contributed by atoms with van der Waals surface area (Å²) in [5, 5.41) is 0. The minimum Gasteiger partial charge on any atom is -0.494 e. The molecule has 37 heavy (non-hydrogen) atoms. The molecular formula is C34H54N2O. The number of rotatable bonds is 19. The van der Waals surface area contributed by atoms with Crippen molar-refractivity contribution in [1.82, 2.24) is 9.97 Å². The zero-order valence-corrected chi connectivity index (χ0v) is 24.1. The van der Waals surface area contributed by atoms with E-state index in [-0.39, 0.29) is 0 Å². The summed E-state index contributed by atoms with van der Waals surface area (Å²) in [5.41, 5.74) is 2.30. The van der Waals surface area contributed by atoms with Crippen LogP contribution in [0.1, 0.15) is 135 Å². The van der Waals surface area contributed by atoms with Crippen LogP contribution in [-0.4, -0.2) is 16.6 Å². The van der Waals surface area contributed by atoms with Crippen LogP contribution < -0.4 is 4.74 Å². The van der Waals surface area contributed by atoms with Crippen molar-refractivity contribution in [2.24, 2.45) is 11.8 Å². The number of unbranched alkanes of at least 4 members (excludes halogenated alkanes) is 9. The Balaban J connectivity index is 1.27. The highest BCUT2D eigenvalue weighted by Crippen LogP contribution is 2.34. The van der Waals surface area contributed by atoms with E-state index in [0.29, 0.717) is 0 Å². The standard InChI is InChI=1S/C34H54N2O/c1-3-5-7-9-10-11-13-16-31-27-35-34(36-28-31)32-22-24-33(25-23-32)37-26-14-17-30-20-18-29(19-21-30)15-12-8-6-4-2/h22-25,27-30H,3-21,26H2,1-2H3. The Kier molecular flexibility index (Phi) is 14.7. The average molecular weight is 507 g/mol. The molecular weight excluding hydrogens is 452 g/mol. The van der Waals surface area contributed by atoms with Gasteiger partial charge in [0.05, 0.1) is 6.61 Å². The van der Waals surface area contributed by atoms with Gasteiger partial charge in [-0.2, -0.15) is 0 Å². The number of hydrogen-bond donors (Lipinski definition) is 0. The van der Waals surface area contributed by atoms with Crippen LogP contribution in [0, 0.1) is 11.8 Å². The maximum Gasteiger partial charge on any atom is 0.159 e. The maximum absolute atomic E-state index is 6.05. The van der Waals surface area contributed by atoms with Gasteiger partial charge in [-0.15, -0.1) is 0 Å². The third-order valence-corrected chi connectivity index (χ3v) is 8.34. The number of aromatic nitrogens is 2. The van der Waals surface area contributed by atoms with Gasteiger partial charge in [-0.1, -0.05) is 110 Å². The molecule has 0 aliphatic heterocycles. The lowest BCUT2D eigenvalue weighted by atomic mass is 9.78. The number of nitrogens with zero attached hydrogens (tertiary/aromatic N) is 2. The second kappa shape index (κ2) is 18.4. The van der Waals surface area contributed by atoms with Crippen LogP contribution in [0.5, 0.6) is 5.75 Å². The molecule has 206 valence electrons. The first-order valence-corrected chi connectivity index (χ1v) is 15.8. The number of ether oxygens (including phenoxy) is 1. The molecule has 0 amide bonds. The van der Waals surface area contributed by atoms with Gasteiger partial charge in [-0.05, 0) is 67.3 Å². The summed E-state index contributed by atoms with van der Waals surface area (Å²) in [6, 6.07) is 8.30. The molecule has 1 aromatic heterocycles. The molecule has 1 heterocycles. The fourth-order valence-corrected chi connectivity index (χ4v) is 5.85. The van der Waals surface area contributed by atoms with Crippen LogP contribution in [0.15, 0.2) is 36.7 Å². The summed E-state index contributed by atoms with van der Waals surface area (Å²) in [4.78, 5) is 9.25. The lowest BCUT2D eigenvalue weighted by Gasteiger charge is -2.28. The molecule has 0 spiro atoms. The van der Waals surface area contributed by atoms with Crippen LogP contribution in [0.4, 0.5) is 0 Å². The van der Waals surface area contributed by atoms with E-state index in [4.69, 9.17) is 4.74 Å². The fraction of sp³-hybridized carbons (Fsp3) is 0.706. The highest BCUT2D eigenvalue weighted by Gasteiger charge is 2.20. The van der Waals surface area contributed by atoms with Crippen molar-refractivity contribution in [3.63, 3.8) is 0 Å². The van der Waals surface area contributed by atoms with E-state index in [9.17, 15) is 0 Å². The SMILES string of the molecule is CCCCCCCCCc1cnc(-c2ccc(OCCCC3CCC(CCCCCC)CC3)cc2)nc1. The topological polar surface area (TPSA) is 35.0 Å². The number of hydrogen-bond acceptors (Lipinski definition) is 3. The molecule has 3 rings (SSSR count). The number of benzene rings is 1. The largest absolute Gasteiger partial charge is 0.494 e. The van der Waals surface area contributed by atoms with Gasteiger partial charge in [-0.25, -0.2) is 9.97 Å². The van der Waals surface area contributed by atoms with Crippen molar-refractivity contribution < 1.29 is 4.74 Å². The molecule has 1 saturated carbocycles. The highest BCUT2D eigenvalue weighted by atomic mass is 16.5. The van der Waals surface area contributed by atoms with Gasteiger partial charge in [0.15, 0.2) is 5.82 Å². The lowest BCUT2D eigenvalue weighted by Crippen LogP contribution is -2.15. The summed E-state index contributed by atoms with van der Waals surface area (Å²) in [6.45, 7) is 5.39. The van der Waals surface area contributed by atoms with Crippen molar-refractivity contribution >= 4 is 0 Å². The Morgan fingerprint density at radius 3 is 1.81 bits per heavy atom. The Morgan fingerprint density at radius 1 is 0.649 bits per heavy atom. The zero-order chi connectivity index (χ0) is 26.0. The minimum absolute atomic E-state index is 0.802. The molecule has 0 bridgehead atoms. The van der Waals surface area contributed by atoms with Crippen LogP contribution in [0.2, 0.25) is 0 Å². The van der Waals surface area contributed by atoms with E-state index < -0.39 is 0 Å². The molecule has 0 saturated heterocycles. The van der Waals surface area contributed by atoms with Gasteiger partial charge >= 0.3 is 0 Å². The second-order valence-electron chi connectivity index (χ2n) is 11.5. The monoisotopic (exact) mass is 506 g/mol. The summed E-state index contributed by atoms with van der Waals surface area (Å²) in [5.74, 6) is 3.68. The molecule has 0 atom stereocenters. The fourth-order valence-electron chi connectivity index (χ4n) is 5.85.